The van der Waals surface area contributed by atoms with E-state index in [1.165, 1.54) is 0 Å². The molecule has 6 nitrogen and oxygen atoms in total. The Morgan fingerprint density at radius 2 is 2.14 bits per heavy atom. The number of nitrogens with one attached hydrogen (secondary N) is 2. The highest BCUT2D eigenvalue weighted by atomic mass is 35.5. The van der Waals surface area contributed by atoms with Crippen LogP contribution in [-0.4, -0.2) is 24.1 Å². The van der Waals surface area contributed by atoms with Crippen molar-refractivity contribution in [2.24, 2.45) is 4.99 Å². The van der Waals surface area contributed by atoms with Crippen LogP contribution in [0, 0.1) is 11.5 Å². The average molecular weight is 316 g/mol. The van der Waals surface area contributed by atoms with Crippen molar-refractivity contribution in [3.8, 4) is 11.9 Å². The molecular formula is C15H14ClN5O. The molecule has 0 bridgehead atoms. The Morgan fingerprint density at radius 1 is 1.32 bits per heavy atom. The molecule has 2 rings (SSSR count). The Kier molecular flexibility index (Phi) is 6.03. The van der Waals surface area contributed by atoms with E-state index in [9.17, 15) is 0 Å². The molecule has 0 unspecified atom stereocenters. The zero-order valence-electron chi connectivity index (χ0n) is 11.7. The van der Waals surface area contributed by atoms with E-state index in [2.05, 4.69) is 20.6 Å². The molecule has 7 heteroatoms. The maximum atomic E-state index is 8.73. The van der Waals surface area contributed by atoms with Crippen molar-refractivity contribution in [3.05, 3.63) is 53.8 Å². The molecule has 1 heterocycles. The van der Waals surface area contributed by atoms with Crippen LogP contribution in [0.1, 0.15) is 0 Å². The fraction of sp³-hybridized carbons (Fsp3) is 0.133. The summed E-state index contributed by atoms with van der Waals surface area (Å²) in [6.07, 6.45) is 5.09. The number of nitriles is 1. The van der Waals surface area contributed by atoms with Gasteiger partial charge in [-0.15, -0.1) is 0 Å². The summed E-state index contributed by atoms with van der Waals surface area (Å²) >= 11 is 5.80. The summed E-state index contributed by atoms with van der Waals surface area (Å²) in [7, 11) is 0. The highest BCUT2D eigenvalue weighted by Gasteiger charge is 1.99. The number of ether oxygens (including phenoxy) is 1. The molecule has 1 aromatic carbocycles. The van der Waals surface area contributed by atoms with Crippen molar-refractivity contribution in [1.82, 2.24) is 15.6 Å². The Labute approximate surface area is 133 Å². The highest BCUT2D eigenvalue weighted by Crippen LogP contribution is 2.15. The zero-order chi connectivity index (χ0) is 15.6. The molecule has 0 fully saturated rings. The standard InChI is InChI=1S/C15H14ClN5O/c16-12-3-5-14(6-4-12)22-9-8-19-15(20-11-17)21-13-2-1-7-18-10-13/h1-7,10H,8-9H2,(H2,19,20,21). The van der Waals surface area contributed by atoms with Gasteiger partial charge >= 0.3 is 0 Å². The number of pyridine rings is 1. The molecule has 0 saturated heterocycles. The summed E-state index contributed by atoms with van der Waals surface area (Å²) in [5, 5.41) is 14.9. The second-order valence-electron chi connectivity index (χ2n) is 4.14. The third-order valence-electron chi connectivity index (χ3n) is 2.54. The topological polar surface area (TPSA) is 82.3 Å². The average Bonchev–Trinajstić information content (AvgIpc) is 2.54. The summed E-state index contributed by atoms with van der Waals surface area (Å²) in [5.74, 6) is 1.07. The van der Waals surface area contributed by atoms with Gasteiger partial charge in [-0.1, -0.05) is 11.6 Å². The summed E-state index contributed by atoms with van der Waals surface area (Å²) in [6, 6.07) is 10.7. The van der Waals surface area contributed by atoms with Gasteiger partial charge in [-0.3, -0.25) is 10.3 Å². The molecular weight excluding hydrogens is 302 g/mol. The van der Waals surface area contributed by atoms with Crippen LogP contribution in [0.5, 0.6) is 5.75 Å². The van der Waals surface area contributed by atoms with Crippen molar-refractivity contribution in [1.29, 1.82) is 5.26 Å². The molecule has 2 aromatic rings. The summed E-state index contributed by atoms with van der Waals surface area (Å²) < 4.78 is 5.54. The summed E-state index contributed by atoms with van der Waals surface area (Å²) in [6.45, 7) is 0.900. The van der Waals surface area contributed by atoms with Gasteiger partial charge < -0.3 is 10.1 Å². The lowest BCUT2D eigenvalue weighted by Gasteiger charge is -2.09. The molecule has 0 aliphatic rings. The lowest BCUT2D eigenvalue weighted by atomic mass is 10.3. The minimum atomic E-state index is 0.343. The first-order valence-electron chi connectivity index (χ1n) is 6.54. The lowest BCUT2D eigenvalue weighted by Crippen LogP contribution is -2.36. The van der Waals surface area contributed by atoms with Crippen molar-refractivity contribution in [2.45, 2.75) is 0 Å². The van der Waals surface area contributed by atoms with E-state index in [-0.39, 0.29) is 0 Å². The van der Waals surface area contributed by atoms with Gasteiger partial charge in [0.25, 0.3) is 0 Å². The van der Waals surface area contributed by atoms with E-state index in [0.717, 1.165) is 5.75 Å². The molecule has 112 valence electrons. The molecule has 22 heavy (non-hydrogen) atoms. The monoisotopic (exact) mass is 315 g/mol. The first-order chi connectivity index (χ1) is 10.8. The largest absolute Gasteiger partial charge is 0.492 e. The van der Waals surface area contributed by atoms with Gasteiger partial charge in [-0.05, 0) is 36.4 Å². The van der Waals surface area contributed by atoms with Crippen LogP contribution in [0.25, 0.3) is 0 Å². The minimum absolute atomic E-state index is 0.343. The Morgan fingerprint density at radius 3 is 2.82 bits per heavy atom. The fourth-order valence-corrected chi connectivity index (χ4v) is 1.71. The van der Waals surface area contributed by atoms with Crippen LogP contribution in [0.15, 0.2) is 53.8 Å². The van der Waals surface area contributed by atoms with Gasteiger partial charge in [0, 0.05) is 11.2 Å². The minimum Gasteiger partial charge on any atom is -0.492 e. The Balaban J connectivity index is 1.83. The highest BCUT2D eigenvalue weighted by molar-refractivity contribution is 6.30. The molecule has 2 N–H and O–H groups in total. The Bertz CT molecular complexity index is 652. The van der Waals surface area contributed by atoms with Crippen LogP contribution in [0.3, 0.4) is 0 Å². The Hall–Kier alpha value is -2.78. The van der Waals surface area contributed by atoms with Crippen molar-refractivity contribution in [3.63, 3.8) is 0 Å². The van der Waals surface area contributed by atoms with Crippen molar-refractivity contribution in [2.75, 3.05) is 13.2 Å². The molecule has 0 radical (unpaired) electrons. The number of halogens is 1. The van der Waals surface area contributed by atoms with Gasteiger partial charge in [-0.2, -0.15) is 5.26 Å². The van der Waals surface area contributed by atoms with Crippen LogP contribution in [0.4, 0.5) is 5.69 Å². The van der Waals surface area contributed by atoms with Crippen LogP contribution >= 0.6 is 11.6 Å². The van der Waals surface area contributed by atoms with Gasteiger partial charge in [-0.25, -0.2) is 4.99 Å². The molecule has 0 amide bonds. The van der Waals surface area contributed by atoms with E-state index >= 15 is 0 Å². The SMILES string of the molecule is N#CNC(=Nc1cccnc1)NCCOc1ccc(Cl)cc1. The van der Waals surface area contributed by atoms with Crippen LogP contribution in [0.2, 0.25) is 5.02 Å². The normalized spacial score (nSPS) is 10.6. The fourth-order valence-electron chi connectivity index (χ4n) is 1.58. The lowest BCUT2D eigenvalue weighted by molar-refractivity contribution is 0.322. The first-order valence-corrected chi connectivity index (χ1v) is 6.92. The number of hydrogen-bond donors (Lipinski definition) is 2. The number of benzene rings is 1. The predicted molar refractivity (Wildman–Crippen MR) is 85.0 cm³/mol. The van der Waals surface area contributed by atoms with E-state index < -0.39 is 0 Å². The van der Waals surface area contributed by atoms with E-state index in [1.807, 2.05) is 6.19 Å². The second kappa shape index (κ2) is 8.49. The quantitative estimate of drug-likeness (QED) is 0.291. The summed E-state index contributed by atoms with van der Waals surface area (Å²) in [4.78, 5) is 8.20. The number of guanidine groups is 1. The van der Waals surface area contributed by atoms with Gasteiger partial charge in [0.2, 0.25) is 5.96 Å². The smallest absolute Gasteiger partial charge is 0.210 e. The summed E-state index contributed by atoms with van der Waals surface area (Å²) in [5.41, 5.74) is 0.645. The van der Waals surface area contributed by atoms with Gasteiger partial charge in [0.15, 0.2) is 6.19 Å². The number of aliphatic imine (C=N–C) groups is 1. The number of hydrogen-bond acceptors (Lipinski definition) is 4. The molecule has 1 aromatic heterocycles. The third-order valence-corrected chi connectivity index (χ3v) is 2.79. The van der Waals surface area contributed by atoms with Crippen molar-refractivity contribution < 1.29 is 4.74 Å². The molecule has 0 saturated carbocycles. The predicted octanol–water partition coefficient (Wildman–Crippen LogP) is 2.46. The zero-order valence-corrected chi connectivity index (χ0v) is 12.4. The maximum absolute atomic E-state index is 8.73. The van der Waals surface area contributed by atoms with Crippen LogP contribution in [-0.2, 0) is 0 Å². The number of nitrogens with zero attached hydrogens (tertiary/aromatic N) is 3. The maximum Gasteiger partial charge on any atom is 0.210 e. The second-order valence-corrected chi connectivity index (χ2v) is 4.57. The van der Waals surface area contributed by atoms with Crippen molar-refractivity contribution >= 4 is 23.2 Å². The third kappa shape index (κ3) is 5.31. The first kappa shape index (κ1) is 15.6. The number of rotatable bonds is 5. The number of aromatic nitrogens is 1. The van der Waals surface area contributed by atoms with Gasteiger partial charge in [0.1, 0.15) is 12.4 Å². The van der Waals surface area contributed by atoms with E-state index in [1.54, 1.807) is 48.8 Å². The van der Waals surface area contributed by atoms with E-state index in [4.69, 9.17) is 21.6 Å². The molecule has 0 spiro atoms. The van der Waals surface area contributed by atoms with Crippen LogP contribution < -0.4 is 15.4 Å². The molecule has 0 aliphatic carbocycles. The molecule has 0 aliphatic heterocycles. The van der Waals surface area contributed by atoms with E-state index in [0.29, 0.717) is 29.8 Å². The molecule has 0 atom stereocenters. The van der Waals surface area contributed by atoms with Gasteiger partial charge in [0.05, 0.1) is 18.4 Å².